The molecule has 98 valence electrons. The minimum atomic E-state index is -0.687. The van der Waals surface area contributed by atoms with Crippen molar-refractivity contribution in [1.82, 2.24) is 10.2 Å². The predicted octanol–water partition coefficient (Wildman–Crippen LogP) is 1.53. The fourth-order valence-electron chi connectivity index (χ4n) is 2.77. The summed E-state index contributed by atoms with van der Waals surface area (Å²) in [5, 5.41) is 14.5. The molecule has 0 spiro atoms. The van der Waals surface area contributed by atoms with Crippen LogP contribution in [0, 0.1) is 0 Å². The lowest BCUT2D eigenvalue weighted by Crippen LogP contribution is -2.69. The Hall–Kier alpha value is -0.910. The third-order valence-corrected chi connectivity index (χ3v) is 4.75. The average Bonchev–Trinajstić information content (AvgIpc) is 2.98. The molecule has 0 amide bonds. The zero-order valence-electron chi connectivity index (χ0n) is 10.3. The zero-order chi connectivity index (χ0) is 12.6. The molecular formula is C13H18N2O2S. The smallest absolute Gasteiger partial charge is 0.305 e. The van der Waals surface area contributed by atoms with E-state index >= 15 is 0 Å². The van der Waals surface area contributed by atoms with E-state index < -0.39 is 5.97 Å². The van der Waals surface area contributed by atoms with Gasteiger partial charge in [-0.25, -0.2) is 0 Å². The first-order valence-electron chi connectivity index (χ1n) is 6.41. The second-order valence-corrected chi connectivity index (χ2v) is 6.37. The minimum Gasteiger partial charge on any atom is -0.481 e. The van der Waals surface area contributed by atoms with Crippen LogP contribution in [0.1, 0.15) is 24.1 Å². The fourth-order valence-corrected chi connectivity index (χ4v) is 3.47. The zero-order valence-corrected chi connectivity index (χ0v) is 11.1. The number of rotatable bonds is 6. The molecule has 2 fully saturated rings. The second kappa shape index (κ2) is 4.64. The maximum atomic E-state index is 11.1. The van der Waals surface area contributed by atoms with Crippen LogP contribution in [0.15, 0.2) is 17.5 Å². The Morgan fingerprint density at radius 3 is 2.78 bits per heavy atom. The van der Waals surface area contributed by atoms with Gasteiger partial charge in [-0.1, -0.05) is 6.07 Å². The maximum Gasteiger partial charge on any atom is 0.305 e. The van der Waals surface area contributed by atoms with Crippen molar-refractivity contribution in [3.63, 3.8) is 0 Å². The molecule has 1 aromatic heterocycles. The summed E-state index contributed by atoms with van der Waals surface area (Å²) in [6.45, 7) is 2.51. The number of hydrogen-bond donors (Lipinski definition) is 2. The molecule has 18 heavy (non-hydrogen) atoms. The number of nitrogens with one attached hydrogen (secondary N) is 1. The highest BCUT2D eigenvalue weighted by atomic mass is 32.1. The molecule has 0 radical (unpaired) electrons. The van der Waals surface area contributed by atoms with Crippen LogP contribution in [0.4, 0.5) is 0 Å². The summed E-state index contributed by atoms with van der Waals surface area (Å²) in [5.41, 5.74) is -0.156. The average molecular weight is 266 g/mol. The van der Waals surface area contributed by atoms with E-state index in [-0.39, 0.29) is 12.0 Å². The van der Waals surface area contributed by atoms with Gasteiger partial charge in [-0.2, -0.15) is 0 Å². The van der Waals surface area contributed by atoms with Gasteiger partial charge in [0.2, 0.25) is 0 Å². The summed E-state index contributed by atoms with van der Waals surface area (Å²) in [6, 6.07) is 4.79. The third-order valence-electron chi connectivity index (χ3n) is 3.89. The van der Waals surface area contributed by atoms with Gasteiger partial charge in [0.05, 0.1) is 12.0 Å². The molecule has 1 saturated carbocycles. The molecule has 1 aliphatic carbocycles. The monoisotopic (exact) mass is 266 g/mol. The molecule has 1 aliphatic heterocycles. The van der Waals surface area contributed by atoms with Gasteiger partial charge in [-0.15, -0.1) is 11.3 Å². The van der Waals surface area contributed by atoms with Crippen molar-refractivity contribution in [2.24, 2.45) is 0 Å². The van der Waals surface area contributed by atoms with Gasteiger partial charge in [-0.05, 0) is 24.3 Å². The first kappa shape index (κ1) is 12.1. The van der Waals surface area contributed by atoms with Gasteiger partial charge >= 0.3 is 5.97 Å². The van der Waals surface area contributed by atoms with E-state index in [0.717, 1.165) is 19.6 Å². The Bertz CT molecular complexity index is 424. The Kier molecular flexibility index (Phi) is 3.13. The number of aliphatic carboxylic acids is 1. The molecule has 1 saturated heterocycles. The van der Waals surface area contributed by atoms with E-state index in [1.807, 2.05) is 0 Å². The Morgan fingerprint density at radius 1 is 1.56 bits per heavy atom. The van der Waals surface area contributed by atoms with Crippen LogP contribution < -0.4 is 5.32 Å². The quantitative estimate of drug-likeness (QED) is 0.820. The molecule has 5 heteroatoms. The van der Waals surface area contributed by atoms with Crippen LogP contribution in [0.2, 0.25) is 0 Å². The standard InChI is InChI=1S/C13H18N2O2S/c16-12(17)6-13(8-14-9-13)15(10-3-4-10)7-11-2-1-5-18-11/h1-2,5,10,14H,3-4,6-9H2,(H,16,17). The number of carboxylic acids is 1. The molecule has 0 aromatic carbocycles. The normalized spacial score (nSPS) is 21.8. The molecule has 2 aliphatic rings. The van der Waals surface area contributed by atoms with E-state index in [0.29, 0.717) is 6.04 Å². The third kappa shape index (κ3) is 2.30. The van der Waals surface area contributed by atoms with Crippen molar-refractivity contribution in [2.75, 3.05) is 13.1 Å². The second-order valence-electron chi connectivity index (χ2n) is 5.34. The topological polar surface area (TPSA) is 52.6 Å². The van der Waals surface area contributed by atoms with Crippen LogP contribution in [0.3, 0.4) is 0 Å². The molecule has 2 N–H and O–H groups in total. The summed E-state index contributed by atoms with van der Waals surface area (Å²) in [5.74, 6) is -0.687. The van der Waals surface area contributed by atoms with Crippen molar-refractivity contribution >= 4 is 17.3 Å². The van der Waals surface area contributed by atoms with E-state index in [2.05, 4.69) is 27.7 Å². The highest BCUT2D eigenvalue weighted by Crippen LogP contribution is 2.38. The van der Waals surface area contributed by atoms with Crippen molar-refractivity contribution in [3.05, 3.63) is 22.4 Å². The minimum absolute atomic E-state index is 0.156. The number of carboxylic acid groups (broad SMARTS) is 1. The number of nitrogens with zero attached hydrogens (tertiary/aromatic N) is 1. The first-order valence-corrected chi connectivity index (χ1v) is 7.29. The summed E-state index contributed by atoms with van der Waals surface area (Å²) in [6.07, 6.45) is 2.68. The molecule has 0 atom stereocenters. The van der Waals surface area contributed by atoms with Gasteiger partial charge in [0.1, 0.15) is 0 Å². The van der Waals surface area contributed by atoms with E-state index in [4.69, 9.17) is 5.11 Å². The summed E-state index contributed by atoms with van der Waals surface area (Å²) >= 11 is 1.76. The molecule has 4 nitrogen and oxygen atoms in total. The van der Waals surface area contributed by atoms with E-state index in [9.17, 15) is 4.79 Å². The van der Waals surface area contributed by atoms with Crippen LogP contribution in [-0.2, 0) is 11.3 Å². The summed E-state index contributed by atoms with van der Waals surface area (Å²) in [7, 11) is 0. The van der Waals surface area contributed by atoms with Gasteiger partial charge in [0, 0.05) is 30.6 Å². The number of thiophene rings is 1. The molecule has 3 rings (SSSR count). The number of carbonyl (C=O) groups is 1. The maximum absolute atomic E-state index is 11.1. The molecule has 0 unspecified atom stereocenters. The SMILES string of the molecule is O=C(O)CC1(N(Cc2cccs2)C2CC2)CNC1. The summed E-state index contributed by atoms with van der Waals surface area (Å²) < 4.78 is 0. The van der Waals surface area contributed by atoms with Crippen LogP contribution in [0.5, 0.6) is 0 Å². The molecule has 0 bridgehead atoms. The number of hydrogen-bond acceptors (Lipinski definition) is 4. The van der Waals surface area contributed by atoms with Gasteiger partial charge in [-0.3, -0.25) is 9.69 Å². The Balaban J connectivity index is 1.77. The van der Waals surface area contributed by atoms with Crippen molar-refractivity contribution in [3.8, 4) is 0 Å². The van der Waals surface area contributed by atoms with Crippen molar-refractivity contribution < 1.29 is 9.90 Å². The predicted molar refractivity (Wildman–Crippen MR) is 70.7 cm³/mol. The van der Waals surface area contributed by atoms with Crippen molar-refractivity contribution in [1.29, 1.82) is 0 Å². The highest BCUT2D eigenvalue weighted by molar-refractivity contribution is 7.09. The van der Waals surface area contributed by atoms with E-state index in [1.54, 1.807) is 11.3 Å². The van der Waals surface area contributed by atoms with Crippen molar-refractivity contribution in [2.45, 2.75) is 37.4 Å². The largest absolute Gasteiger partial charge is 0.481 e. The van der Waals surface area contributed by atoms with Gasteiger partial charge in [0.15, 0.2) is 0 Å². The fraction of sp³-hybridized carbons (Fsp3) is 0.615. The van der Waals surface area contributed by atoms with Crippen LogP contribution >= 0.6 is 11.3 Å². The summed E-state index contributed by atoms with van der Waals surface area (Å²) in [4.78, 5) is 14.9. The molecule has 2 heterocycles. The first-order chi connectivity index (χ1) is 8.70. The van der Waals surface area contributed by atoms with E-state index in [1.165, 1.54) is 17.7 Å². The molecular weight excluding hydrogens is 248 g/mol. The Labute approximate surface area is 111 Å². The van der Waals surface area contributed by atoms with Gasteiger partial charge < -0.3 is 10.4 Å². The highest BCUT2D eigenvalue weighted by Gasteiger charge is 2.49. The van der Waals surface area contributed by atoms with Crippen LogP contribution in [-0.4, -0.2) is 40.6 Å². The lowest BCUT2D eigenvalue weighted by Gasteiger charge is -2.50. The van der Waals surface area contributed by atoms with Gasteiger partial charge in [0.25, 0.3) is 0 Å². The Morgan fingerprint density at radius 2 is 2.33 bits per heavy atom. The lowest BCUT2D eigenvalue weighted by atomic mass is 9.86. The lowest BCUT2D eigenvalue weighted by molar-refractivity contribution is -0.142. The van der Waals surface area contributed by atoms with Crippen LogP contribution in [0.25, 0.3) is 0 Å². The molecule has 1 aromatic rings.